The Morgan fingerprint density at radius 2 is 2.12 bits per heavy atom. The Morgan fingerprint density at radius 1 is 1.41 bits per heavy atom. The Bertz CT molecular complexity index is 308. The van der Waals surface area contributed by atoms with Crippen molar-refractivity contribution in [1.29, 1.82) is 0 Å². The van der Waals surface area contributed by atoms with Crippen molar-refractivity contribution < 1.29 is 18.0 Å². The number of alkyl halides is 3. The summed E-state index contributed by atoms with van der Waals surface area (Å²) >= 11 is 0. The molecule has 0 spiro atoms. The summed E-state index contributed by atoms with van der Waals surface area (Å²) in [5.74, 6) is -3.71. The van der Waals surface area contributed by atoms with Gasteiger partial charge in [0, 0.05) is 31.2 Å². The van der Waals surface area contributed by atoms with E-state index in [1.165, 1.54) is 4.90 Å². The molecule has 2 fully saturated rings. The highest BCUT2D eigenvalue weighted by Gasteiger charge is 2.45. The largest absolute Gasteiger partial charge is 0.339 e. The summed E-state index contributed by atoms with van der Waals surface area (Å²) in [5.41, 5.74) is 0. The smallest absolute Gasteiger partial charge is 0.248 e. The number of nitrogens with zero attached hydrogens (tertiary/aromatic N) is 1. The van der Waals surface area contributed by atoms with Crippen molar-refractivity contribution in [3.63, 3.8) is 0 Å². The second-order valence-corrected chi connectivity index (χ2v) is 5.22. The minimum Gasteiger partial charge on any atom is -0.339 e. The molecule has 17 heavy (non-hydrogen) atoms. The first-order chi connectivity index (χ1) is 7.93. The zero-order valence-corrected chi connectivity index (χ0v) is 9.96. The molecule has 2 rings (SSSR count). The van der Waals surface area contributed by atoms with Crippen molar-refractivity contribution in [2.24, 2.45) is 11.8 Å². The molecule has 5 heteroatoms. The van der Waals surface area contributed by atoms with E-state index in [0.29, 0.717) is 13.0 Å². The molecule has 0 aromatic heterocycles. The second kappa shape index (κ2) is 4.50. The van der Waals surface area contributed by atoms with Gasteiger partial charge in [-0.2, -0.15) is 0 Å². The Labute approximate surface area is 99.2 Å². The molecule has 3 atom stereocenters. The van der Waals surface area contributed by atoms with Gasteiger partial charge in [0.15, 0.2) is 0 Å². The maximum Gasteiger partial charge on any atom is 0.248 e. The molecule has 0 N–H and O–H groups in total. The first-order valence-corrected chi connectivity index (χ1v) is 6.23. The number of likely N-dealkylation sites (tertiary alicyclic amines) is 1. The van der Waals surface area contributed by atoms with Gasteiger partial charge < -0.3 is 4.90 Å². The molecule has 1 saturated carbocycles. The molecule has 0 bridgehead atoms. The van der Waals surface area contributed by atoms with Crippen molar-refractivity contribution in [1.82, 2.24) is 4.90 Å². The molecule has 1 heterocycles. The van der Waals surface area contributed by atoms with Crippen LogP contribution in [0, 0.1) is 11.8 Å². The van der Waals surface area contributed by atoms with Crippen molar-refractivity contribution in [3.05, 3.63) is 0 Å². The Morgan fingerprint density at radius 3 is 2.59 bits per heavy atom. The number of rotatable bonds is 2. The van der Waals surface area contributed by atoms with Gasteiger partial charge in [0.25, 0.3) is 0 Å². The SMILES string of the molecule is CCC1CN(C(=O)C2CCC(F)(F)C2)CC1F. The lowest BCUT2D eigenvalue weighted by atomic mass is 10.0. The highest BCUT2D eigenvalue weighted by atomic mass is 19.3. The number of carbonyl (C=O) groups is 1. The van der Waals surface area contributed by atoms with Crippen molar-refractivity contribution in [2.45, 2.75) is 44.7 Å². The van der Waals surface area contributed by atoms with Crippen LogP contribution in [-0.2, 0) is 4.79 Å². The van der Waals surface area contributed by atoms with Gasteiger partial charge in [0.1, 0.15) is 6.17 Å². The van der Waals surface area contributed by atoms with Crippen LogP contribution in [0.3, 0.4) is 0 Å². The van der Waals surface area contributed by atoms with E-state index in [4.69, 9.17) is 0 Å². The van der Waals surface area contributed by atoms with E-state index in [9.17, 15) is 18.0 Å². The van der Waals surface area contributed by atoms with Gasteiger partial charge in [-0.05, 0) is 12.8 Å². The fourth-order valence-corrected chi connectivity index (χ4v) is 2.82. The predicted molar refractivity (Wildman–Crippen MR) is 57.5 cm³/mol. The van der Waals surface area contributed by atoms with Gasteiger partial charge in [0.05, 0.1) is 6.54 Å². The molecule has 1 saturated heterocycles. The second-order valence-electron chi connectivity index (χ2n) is 5.22. The molecule has 1 aliphatic heterocycles. The molecular formula is C12H18F3NO. The monoisotopic (exact) mass is 249 g/mol. The van der Waals surface area contributed by atoms with Crippen LogP contribution in [0.1, 0.15) is 32.6 Å². The Kier molecular flexibility index (Phi) is 3.36. The molecule has 1 amide bonds. The first-order valence-electron chi connectivity index (χ1n) is 6.23. The van der Waals surface area contributed by atoms with Gasteiger partial charge in [0.2, 0.25) is 11.8 Å². The number of halogens is 3. The highest BCUT2D eigenvalue weighted by molar-refractivity contribution is 5.79. The van der Waals surface area contributed by atoms with Gasteiger partial charge in [-0.25, -0.2) is 13.2 Å². The number of hydrogen-bond donors (Lipinski definition) is 0. The van der Waals surface area contributed by atoms with Crippen LogP contribution in [-0.4, -0.2) is 36.0 Å². The van der Waals surface area contributed by atoms with Crippen LogP contribution in [0.5, 0.6) is 0 Å². The summed E-state index contributed by atoms with van der Waals surface area (Å²) < 4.78 is 39.5. The minimum absolute atomic E-state index is 0.0827. The molecule has 3 unspecified atom stereocenters. The average Bonchev–Trinajstić information content (AvgIpc) is 2.80. The average molecular weight is 249 g/mol. The van der Waals surface area contributed by atoms with Gasteiger partial charge in [-0.1, -0.05) is 6.92 Å². The summed E-state index contributed by atoms with van der Waals surface area (Å²) in [5, 5.41) is 0. The summed E-state index contributed by atoms with van der Waals surface area (Å²) in [6.07, 6.45) is -0.656. The van der Waals surface area contributed by atoms with Crippen molar-refractivity contribution in [2.75, 3.05) is 13.1 Å². The van der Waals surface area contributed by atoms with Crippen molar-refractivity contribution in [3.8, 4) is 0 Å². The van der Waals surface area contributed by atoms with E-state index >= 15 is 0 Å². The third kappa shape index (κ3) is 2.58. The van der Waals surface area contributed by atoms with E-state index < -0.39 is 18.0 Å². The number of carbonyl (C=O) groups excluding carboxylic acids is 1. The van der Waals surface area contributed by atoms with Crippen LogP contribution in [0.4, 0.5) is 13.2 Å². The van der Waals surface area contributed by atoms with Gasteiger partial charge in [-0.3, -0.25) is 4.79 Å². The third-order valence-electron chi connectivity index (χ3n) is 3.95. The molecule has 0 aromatic carbocycles. The maximum atomic E-state index is 13.5. The Hall–Kier alpha value is -0.740. The first kappa shape index (κ1) is 12.7. The third-order valence-corrected chi connectivity index (χ3v) is 3.95. The van der Waals surface area contributed by atoms with E-state index in [2.05, 4.69) is 0 Å². The van der Waals surface area contributed by atoms with Gasteiger partial charge in [-0.15, -0.1) is 0 Å². The highest BCUT2D eigenvalue weighted by Crippen LogP contribution is 2.40. The molecule has 0 radical (unpaired) electrons. The summed E-state index contributed by atoms with van der Waals surface area (Å²) in [4.78, 5) is 13.4. The van der Waals surface area contributed by atoms with Gasteiger partial charge >= 0.3 is 0 Å². The summed E-state index contributed by atoms with van der Waals surface area (Å²) in [7, 11) is 0. The van der Waals surface area contributed by atoms with Crippen molar-refractivity contribution >= 4 is 5.91 Å². The lowest BCUT2D eigenvalue weighted by Crippen LogP contribution is -2.34. The Balaban J connectivity index is 1.94. The van der Waals surface area contributed by atoms with Crippen LogP contribution < -0.4 is 0 Å². The quantitative estimate of drug-likeness (QED) is 0.736. The van der Waals surface area contributed by atoms with Crippen LogP contribution in [0.15, 0.2) is 0 Å². The zero-order valence-electron chi connectivity index (χ0n) is 9.96. The zero-order chi connectivity index (χ0) is 12.6. The number of amides is 1. The van der Waals surface area contributed by atoms with E-state index in [1.54, 1.807) is 0 Å². The summed E-state index contributed by atoms with van der Waals surface area (Å²) in [6, 6.07) is 0. The molecule has 1 aliphatic carbocycles. The van der Waals surface area contributed by atoms with E-state index in [-0.39, 0.29) is 37.6 Å². The van der Waals surface area contributed by atoms with E-state index in [1.807, 2.05) is 6.92 Å². The predicted octanol–water partition coefficient (Wildman–Crippen LogP) is 2.63. The lowest BCUT2D eigenvalue weighted by Gasteiger charge is -2.20. The molecule has 0 aromatic rings. The molecule has 2 nitrogen and oxygen atoms in total. The maximum absolute atomic E-state index is 13.5. The fourth-order valence-electron chi connectivity index (χ4n) is 2.82. The lowest BCUT2D eigenvalue weighted by molar-refractivity contribution is -0.135. The molecule has 98 valence electrons. The van der Waals surface area contributed by atoms with E-state index in [0.717, 1.165) is 0 Å². The summed E-state index contributed by atoms with van der Waals surface area (Å²) in [6.45, 7) is 2.35. The molecular weight excluding hydrogens is 231 g/mol. The minimum atomic E-state index is -2.71. The molecule has 2 aliphatic rings. The topological polar surface area (TPSA) is 20.3 Å². The van der Waals surface area contributed by atoms with Crippen LogP contribution in [0.25, 0.3) is 0 Å². The number of hydrogen-bond acceptors (Lipinski definition) is 1. The van der Waals surface area contributed by atoms with Crippen LogP contribution in [0.2, 0.25) is 0 Å². The van der Waals surface area contributed by atoms with Crippen LogP contribution >= 0.6 is 0 Å². The standard InChI is InChI=1S/C12H18F3NO/c1-2-8-6-16(7-10(8)13)11(17)9-3-4-12(14,15)5-9/h8-10H,2-7H2,1H3. The normalized spacial score (nSPS) is 36.5. The fraction of sp³-hybridized carbons (Fsp3) is 0.917.